The van der Waals surface area contributed by atoms with E-state index in [9.17, 15) is 19.1 Å². The monoisotopic (exact) mass is 495 g/mol. The van der Waals surface area contributed by atoms with Crippen molar-refractivity contribution in [3.05, 3.63) is 41.6 Å². The average Bonchev–Trinajstić information content (AvgIpc) is 3.50. The molecule has 1 saturated carbocycles. The van der Waals surface area contributed by atoms with Crippen molar-refractivity contribution in [2.24, 2.45) is 5.92 Å². The molecule has 1 saturated heterocycles. The minimum Gasteiger partial charge on any atom is -0.493 e. The molecule has 2 amide bonds. The number of benzene rings is 1. The number of carbonyl (C=O) groups excluding carboxylic acids is 2. The Labute approximate surface area is 208 Å². The summed E-state index contributed by atoms with van der Waals surface area (Å²) in [7, 11) is 0. The lowest BCUT2D eigenvalue weighted by Crippen LogP contribution is -2.42. The number of aliphatic hydroxyl groups is 1. The molecule has 9 nitrogen and oxygen atoms in total. The molecule has 1 aromatic carbocycles. The van der Waals surface area contributed by atoms with Crippen molar-refractivity contribution in [3.63, 3.8) is 0 Å². The number of rotatable bonds is 7. The van der Waals surface area contributed by atoms with Gasteiger partial charge in [-0.05, 0) is 64.2 Å². The van der Waals surface area contributed by atoms with Crippen molar-refractivity contribution in [2.75, 3.05) is 13.2 Å². The average molecular weight is 496 g/mol. The topological polar surface area (TPSA) is 120 Å². The number of ether oxygens (including phenoxy) is 1. The number of nitrogens with zero attached hydrogens (tertiary/aromatic N) is 3. The van der Waals surface area contributed by atoms with Gasteiger partial charge in [0.1, 0.15) is 35.2 Å². The Morgan fingerprint density at radius 2 is 2.11 bits per heavy atom. The van der Waals surface area contributed by atoms with Gasteiger partial charge in [0.2, 0.25) is 0 Å². The quantitative estimate of drug-likeness (QED) is 0.464. The lowest BCUT2D eigenvalue weighted by molar-refractivity contribution is -0.139. The van der Waals surface area contributed by atoms with Gasteiger partial charge in [0.15, 0.2) is 0 Å². The number of halogens is 1. The summed E-state index contributed by atoms with van der Waals surface area (Å²) >= 11 is 0. The molecule has 2 fully saturated rings. The largest absolute Gasteiger partial charge is 0.493 e. The van der Waals surface area contributed by atoms with Crippen LogP contribution < -0.4 is 10.1 Å². The summed E-state index contributed by atoms with van der Waals surface area (Å²) in [5.41, 5.74) is 2.87. The van der Waals surface area contributed by atoms with E-state index in [1.807, 2.05) is 6.92 Å². The van der Waals surface area contributed by atoms with E-state index < -0.39 is 11.9 Å². The normalized spacial score (nSPS) is 20.5. The Morgan fingerprint density at radius 1 is 1.33 bits per heavy atom. The van der Waals surface area contributed by atoms with E-state index in [0.29, 0.717) is 64.8 Å². The minimum absolute atomic E-state index is 0.0996. The third-order valence-electron chi connectivity index (χ3n) is 6.92. The predicted octanol–water partition coefficient (Wildman–Crippen LogP) is 2.96. The molecule has 3 atom stereocenters. The third kappa shape index (κ3) is 4.65. The van der Waals surface area contributed by atoms with E-state index in [1.165, 1.54) is 25.4 Å². The van der Waals surface area contributed by atoms with Crippen molar-refractivity contribution < 1.29 is 23.8 Å². The van der Waals surface area contributed by atoms with Crippen molar-refractivity contribution in [1.82, 2.24) is 25.2 Å². The molecule has 36 heavy (non-hydrogen) atoms. The highest BCUT2D eigenvalue weighted by Gasteiger charge is 2.35. The first-order valence-corrected chi connectivity index (χ1v) is 12.3. The van der Waals surface area contributed by atoms with E-state index in [2.05, 4.69) is 20.3 Å². The van der Waals surface area contributed by atoms with Crippen LogP contribution in [0.2, 0.25) is 0 Å². The smallest absolute Gasteiger partial charge is 0.255 e. The van der Waals surface area contributed by atoms with Crippen LogP contribution in [0.4, 0.5) is 4.39 Å². The summed E-state index contributed by atoms with van der Waals surface area (Å²) in [5.74, 6) is -0.0274. The van der Waals surface area contributed by atoms with E-state index in [-0.39, 0.29) is 23.9 Å². The zero-order chi connectivity index (χ0) is 25.6. The van der Waals surface area contributed by atoms with Crippen LogP contribution in [-0.4, -0.2) is 68.1 Å². The van der Waals surface area contributed by atoms with Crippen molar-refractivity contribution in [2.45, 2.75) is 58.2 Å². The van der Waals surface area contributed by atoms with Gasteiger partial charge >= 0.3 is 0 Å². The molecule has 3 N–H and O–H groups in total. The van der Waals surface area contributed by atoms with Crippen LogP contribution in [0.15, 0.2) is 24.5 Å². The maximum Gasteiger partial charge on any atom is 0.255 e. The molecule has 2 aliphatic rings. The maximum absolute atomic E-state index is 14.2. The van der Waals surface area contributed by atoms with Crippen LogP contribution in [0.5, 0.6) is 5.75 Å². The summed E-state index contributed by atoms with van der Waals surface area (Å²) in [4.78, 5) is 39.2. The number of nitrogens with one attached hydrogen (secondary N) is 2. The van der Waals surface area contributed by atoms with Crippen molar-refractivity contribution >= 4 is 22.8 Å². The molecule has 3 heterocycles. The Balaban J connectivity index is 1.43. The number of fused-ring (bicyclic) bond motifs is 1. The Bertz CT molecular complexity index is 1320. The second-order valence-corrected chi connectivity index (χ2v) is 9.89. The number of aliphatic hydroxyl groups excluding tert-OH is 1. The fraction of sp³-hybridized carbons (Fsp3) is 0.462. The number of hydrogen-bond donors (Lipinski definition) is 3. The third-order valence-corrected chi connectivity index (χ3v) is 6.92. The number of carbonyl (C=O) groups is 2. The van der Waals surface area contributed by atoms with E-state index in [1.54, 1.807) is 17.9 Å². The van der Waals surface area contributed by atoms with Gasteiger partial charge < -0.3 is 25.0 Å². The first-order chi connectivity index (χ1) is 17.2. The number of amides is 2. The molecule has 0 spiro atoms. The Kier molecular flexibility index (Phi) is 6.38. The SMILES string of the molecule is Cc1[nH]c2c(-c3cc(F)ccc3OCC3CC3)ncnc2c1C(=O)N[C@H]1C[C@H](C)N(C(=O)[C@H](C)O)C1. The van der Waals surface area contributed by atoms with Crippen molar-refractivity contribution in [3.8, 4) is 17.0 Å². The second-order valence-electron chi connectivity index (χ2n) is 9.89. The number of hydrogen-bond acceptors (Lipinski definition) is 6. The number of H-pyrrole nitrogens is 1. The van der Waals surface area contributed by atoms with Gasteiger partial charge in [0.25, 0.3) is 11.8 Å². The lowest BCUT2D eigenvalue weighted by Gasteiger charge is -2.22. The molecule has 0 radical (unpaired) electrons. The molecular weight excluding hydrogens is 465 g/mol. The van der Waals surface area contributed by atoms with Crippen LogP contribution in [0, 0.1) is 18.7 Å². The van der Waals surface area contributed by atoms with E-state index in [0.717, 1.165) is 12.8 Å². The fourth-order valence-electron chi connectivity index (χ4n) is 4.85. The first kappa shape index (κ1) is 24.2. The van der Waals surface area contributed by atoms with Gasteiger partial charge in [-0.2, -0.15) is 0 Å². The molecule has 190 valence electrons. The molecular formula is C26H30FN5O4. The molecule has 10 heteroatoms. The van der Waals surface area contributed by atoms with Gasteiger partial charge in [0.05, 0.1) is 17.7 Å². The number of aryl methyl sites for hydroxylation is 1. The zero-order valence-corrected chi connectivity index (χ0v) is 20.5. The van der Waals surface area contributed by atoms with Gasteiger partial charge in [0, 0.05) is 29.9 Å². The van der Waals surface area contributed by atoms with Crippen LogP contribution in [-0.2, 0) is 4.79 Å². The van der Waals surface area contributed by atoms with Crippen LogP contribution >= 0.6 is 0 Å². The number of likely N-dealkylation sites (tertiary alicyclic amines) is 1. The highest BCUT2D eigenvalue weighted by atomic mass is 19.1. The molecule has 1 aliphatic heterocycles. The first-order valence-electron chi connectivity index (χ1n) is 12.3. The summed E-state index contributed by atoms with van der Waals surface area (Å²) in [6, 6.07) is 3.99. The van der Waals surface area contributed by atoms with Crippen LogP contribution in [0.3, 0.4) is 0 Å². The fourth-order valence-corrected chi connectivity index (χ4v) is 4.85. The van der Waals surface area contributed by atoms with E-state index >= 15 is 0 Å². The highest BCUT2D eigenvalue weighted by Crippen LogP contribution is 2.37. The molecule has 2 aromatic heterocycles. The van der Waals surface area contributed by atoms with E-state index in [4.69, 9.17) is 4.74 Å². The molecule has 0 unspecified atom stereocenters. The summed E-state index contributed by atoms with van der Waals surface area (Å²) < 4.78 is 20.2. The minimum atomic E-state index is -1.09. The van der Waals surface area contributed by atoms with Gasteiger partial charge in [-0.3, -0.25) is 9.59 Å². The molecule has 0 bridgehead atoms. The second kappa shape index (κ2) is 9.50. The highest BCUT2D eigenvalue weighted by molar-refractivity contribution is 6.09. The van der Waals surface area contributed by atoms with Gasteiger partial charge in [-0.1, -0.05) is 0 Å². The van der Waals surface area contributed by atoms with Gasteiger partial charge in [-0.25, -0.2) is 14.4 Å². The molecule has 1 aliphatic carbocycles. The number of aromatic nitrogens is 3. The number of aromatic amines is 1. The predicted molar refractivity (Wildman–Crippen MR) is 131 cm³/mol. The maximum atomic E-state index is 14.2. The molecule has 3 aromatic rings. The van der Waals surface area contributed by atoms with Crippen LogP contribution in [0.25, 0.3) is 22.3 Å². The van der Waals surface area contributed by atoms with Crippen LogP contribution in [0.1, 0.15) is 49.2 Å². The lowest BCUT2D eigenvalue weighted by atomic mass is 10.1. The van der Waals surface area contributed by atoms with Crippen molar-refractivity contribution in [1.29, 1.82) is 0 Å². The summed E-state index contributed by atoms with van der Waals surface area (Å²) in [5, 5.41) is 12.7. The summed E-state index contributed by atoms with van der Waals surface area (Å²) in [6.07, 6.45) is 3.11. The van der Waals surface area contributed by atoms with Gasteiger partial charge in [-0.15, -0.1) is 0 Å². The Morgan fingerprint density at radius 3 is 2.83 bits per heavy atom. The standard InChI is InChI=1S/C26H30FN5O4/c1-13-8-18(10-32(13)26(35)15(3)33)31-25(34)21-14(2)30-24-22(28-12-29-23(21)24)19-9-17(27)6-7-20(19)36-11-16-4-5-16/h6-7,9,12-13,15-16,18,30,33H,4-5,8,10-11H2,1-3H3,(H,31,34)/t13-,15-,18-/m0/s1. The Hall–Kier alpha value is -3.53. The summed E-state index contributed by atoms with van der Waals surface area (Å²) in [6.45, 7) is 6.00. The zero-order valence-electron chi connectivity index (χ0n) is 20.5. The molecule has 5 rings (SSSR count).